The third-order valence-corrected chi connectivity index (χ3v) is 1.46. The Morgan fingerprint density at radius 1 is 1.36 bits per heavy atom. The van der Waals surface area contributed by atoms with Crippen molar-refractivity contribution in [2.24, 2.45) is 10.8 Å². The van der Waals surface area contributed by atoms with E-state index in [1.54, 1.807) is 30.5 Å². The molecule has 76 valence electrons. The summed E-state index contributed by atoms with van der Waals surface area (Å²) >= 11 is 0. The van der Waals surface area contributed by atoms with Crippen molar-refractivity contribution < 1.29 is 5.11 Å². The second kappa shape index (κ2) is 4.11. The molecule has 4 heteroatoms. The van der Waals surface area contributed by atoms with Gasteiger partial charge in [0, 0.05) is 0 Å². The van der Waals surface area contributed by atoms with Crippen molar-refractivity contribution in [1.82, 2.24) is 5.43 Å². The number of benzene rings is 1. The van der Waals surface area contributed by atoms with E-state index in [4.69, 9.17) is 10.8 Å². The Morgan fingerprint density at radius 2 is 1.93 bits per heavy atom. The first-order valence-electron chi connectivity index (χ1n) is 4.35. The highest BCUT2D eigenvalue weighted by Crippen LogP contribution is 2.07. The quantitative estimate of drug-likeness (QED) is 0.381. The van der Waals surface area contributed by atoms with E-state index in [0.29, 0.717) is 0 Å². The van der Waals surface area contributed by atoms with Crippen LogP contribution in [0.2, 0.25) is 0 Å². The van der Waals surface area contributed by atoms with Crippen LogP contribution in [0.4, 0.5) is 0 Å². The highest BCUT2D eigenvalue weighted by atomic mass is 16.3. The maximum atomic E-state index is 9.03. The van der Waals surface area contributed by atoms with Crippen LogP contribution >= 0.6 is 0 Å². The Morgan fingerprint density at radius 3 is 2.43 bits per heavy atom. The molecule has 14 heavy (non-hydrogen) atoms. The molecule has 1 rings (SSSR count). The van der Waals surface area contributed by atoms with Gasteiger partial charge in [-0.3, -0.25) is 5.43 Å². The lowest BCUT2D eigenvalue weighted by molar-refractivity contribution is 0.418. The lowest BCUT2D eigenvalue weighted by Gasteiger charge is -2.17. The van der Waals surface area contributed by atoms with Crippen LogP contribution in [-0.2, 0) is 0 Å². The van der Waals surface area contributed by atoms with E-state index < -0.39 is 5.66 Å². The summed E-state index contributed by atoms with van der Waals surface area (Å²) in [6, 6.07) is 6.75. The molecule has 0 aromatic heterocycles. The number of nitrogens with two attached hydrogens (primary N) is 1. The lowest BCUT2D eigenvalue weighted by atomic mass is 10.2. The predicted molar refractivity (Wildman–Crippen MR) is 57.1 cm³/mol. The van der Waals surface area contributed by atoms with Gasteiger partial charge in [0.25, 0.3) is 0 Å². The molecule has 0 saturated carbocycles. The van der Waals surface area contributed by atoms with Crippen LogP contribution in [0.25, 0.3) is 0 Å². The van der Waals surface area contributed by atoms with Crippen LogP contribution in [0.3, 0.4) is 0 Å². The van der Waals surface area contributed by atoms with Crippen LogP contribution in [0.5, 0.6) is 5.75 Å². The van der Waals surface area contributed by atoms with E-state index in [1.165, 1.54) is 0 Å². The highest BCUT2D eigenvalue weighted by Gasteiger charge is 2.05. The molecule has 0 aliphatic rings. The fourth-order valence-electron chi connectivity index (χ4n) is 0.834. The van der Waals surface area contributed by atoms with Crippen LogP contribution in [0.1, 0.15) is 19.4 Å². The molecule has 0 saturated heterocycles. The third kappa shape index (κ3) is 3.91. The second-order valence-corrected chi connectivity index (χ2v) is 3.68. The van der Waals surface area contributed by atoms with Crippen LogP contribution in [0, 0.1) is 0 Å². The maximum Gasteiger partial charge on any atom is 0.115 e. The molecule has 0 aliphatic heterocycles. The largest absolute Gasteiger partial charge is 0.508 e. The van der Waals surface area contributed by atoms with Crippen molar-refractivity contribution in [2.75, 3.05) is 0 Å². The molecule has 0 heterocycles. The normalized spacial score (nSPS) is 11.9. The number of hydrogen-bond donors (Lipinski definition) is 3. The van der Waals surface area contributed by atoms with Crippen molar-refractivity contribution in [2.45, 2.75) is 19.5 Å². The summed E-state index contributed by atoms with van der Waals surface area (Å²) in [4.78, 5) is 0. The summed E-state index contributed by atoms with van der Waals surface area (Å²) in [5.41, 5.74) is 8.81. The minimum atomic E-state index is -0.520. The van der Waals surface area contributed by atoms with Crippen LogP contribution in [0.15, 0.2) is 29.4 Å². The van der Waals surface area contributed by atoms with Crippen molar-refractivity contribution in [3.05, 3.63) is 29.8 Å². The maximum absolute atomic E-state index is 9.03. The predicted octanol–water partition coefficient (Wildman–Crippen LogP) is 1.01. The zero-order valence-electron chi connectivity index (χ0n) is 8.36. The van der Waals surface area contributed by atoms with Crippen molar-refractivity contribution in [3.8, 4) is 5.75 Å². The molecule has 4 N–H and O–H groups in total. The Labute approximate surface area is 83.4 Å². The average molecular weight is 193 g/mol. The first-order chi connectivity index (χ1) is 6.47. The zero-order chi connectivity index (χ0) is 10.6. The van der Waals surface area contributed by atoms with E-state index >= 15 is 0 Å². The molecule has 0 bridgehead atoms. The summed E-state index contributed by atoms with van der Waals surface area (Å²) in [6.45, 7) is 3.64. The molecule has 4 nitrogen and oxygen atoms in total. The molecule has 1 aromatic carbocycles. The Balaban J connectivity index is 2.57. The molecule has 0 fully saturated rings. The van der Waals surface area contributed by atoms with Gasteiger partial charge in [0.1, 0.15) is 5.75 Å². The summed E-state index contributed by atoms with van der Waals surface area (Å²) in [5.74, 6) is 0.245. The molecule has 1 aromatic rings. The molecule has 0 atom stereocenters. The van der Waals surface area contributed by atoms with E-state index in [9.17, 15) is 0 Å². The van der Waals surface area contributed by atoms with Gasteiger partial charge < -0.3 is 10.8 Å². The lowest BCUT2D eigenvalue weighted by Crippen LogP contribution is -2.44. The number of aromatic hydroxyl groups is 1. The Hall–Kier alpha value is -1.55. The molecular formula is C10H15N3O. The zero-order valence-corrected chi connectivity index (χ0v) is 8.36. The van der Waals surface area contributed by atoms with Gasteiger partial charge in [0.15, 0.2) is 0 Å². The number of phenols is 1. The van der Waals surface area contributed by atoms with E-state index in [-0.39, 0.29) is 5.75 Å². The molecular weight excluding hydrogens is 178 g/mol. The van der Waals surface area contributed by atoms with Gasteiger partial charge in [-0.05, 0) is 43.7 Å². The van der Waals surface area contributed by atoms with Gasteiger partial charge in [-0.15, -0.1) is 0 Å². The van der Waals surface area contributed by atoms with E-state index in [0.717, 1.165) is 5.56 Å². The average Bonchev–Trinajstić information content (AvgIpc) is 2.06. The van der Waals surface area contributed by atoms with E-state index in [2.05, 4.69) is 10.5 Å². The second-order valence-electron chi connectivity index (χ2n) is 3.68. The molecule has 0 spiro atoms. The fraction of sp³-hybridized carbons (Fsp3) is 0.300. The Kier molecular flexibility index (Phi) is 3.09. The monoisotopic (exact) mass is 193 g/mol. The SMILES string of the molecule is CC(C)(N)N/N=C/c1ccc(O)cc1. The number of hydrazone groups is 1. The number of phenolic OH excluding ortho intramolecular Hbond substituents is 1. The molecule has 0 unspecified atom stereocenters. The summed E-state index contributed by atoms with van der Waals surface area (Å²) in [7, 11) is 0. The third-order valence-electron chi connectivity index (χ3n) is 1.46. The first kappa shape index (κ1) is 10.5. The number of hydrogen-bond acceptors (Lipinski definition) is 4. The van der Waals surface area contributed by atoms with Gasteiger partial charge in [0.2, 0.25) is 0 Å². The van der Waals surface area contributed by atoms with Crippen molar-refractivity contribution >= 4 is 6.21 Å². The fourth-order valence-corrected chi connectivity index (χ4v) is 0.834. The van der Waals surface area contributed by atoms with Gasteiger partial charge in [-0.1, -0.05) is 0 Å². The van der Waals surface area contributed by atoms with Crippen LogP contribution < -0.4 is 11.2 Å². The number of nitrogens with one attached hydrogen (secondary N) is 1. The van der Waals surface area contributed by atoms with Gasteiger partial charge in [-0.25, -0.2) is 0 Å². The van der Waals surface area contributed by atoms with E-state index in [1.807, 2.05) is 13.8 Å². The standard InChI is InChI=1S/C10H15N3O/c1-10(2,11)13-12-7-8-3-5-9(14)6-4-8/h3-7,13-14H,11H2,1-2H3/b12-7+. The van der Waals surface area contributed by atoms with Gasteiger partial charge >= 0.3 is 0 Å². The highest BCUT2D eigenvalue weighted by molar-refractivity contribution is 5.79. The molecule has 0 radical (unpaired) electrons. The molecule has 0 amide bonds. The van der Waals surface area contributed by atoms with Gasteiger partial charge in [-0.2, -0.15) is 5.10 Å². The van der Waals surface area contributed by atoms with Crippen LogP contribution in [-0.4, -0.2) is 17.0 Å². The smallest absolute Gasteiger partial charge is 0.115 e. The number of nitrogens with zero attached hydrogens (tertiary/aromatic N) is 1. The van der Waals surface area contributed by atoms with Crippen molar-refractivity contribution in [3.63, 3.8) is 0 Å². The molecule has 0 aliphatic carbocycles. The first-order valence-corrected chi connectivity index (χ1v) is 4.35. The Bertz CT molecular complexity index is 311. The summed E-state index contributed by atoms with van der Waals surface area (Å²) in [6.07, 6.45) is 1.65. The minimum Gasteiger partial charge on any atom is -0.508 e. The number of rotatable bonds is 3. The van der Waals surface area contributed by atoms with Crippen molar-refractivity contribution in [1.29, 1.82) is 0 Å². The summed E-state index contributed by atoms with van der Waals surface area (Å²) < 4.78 is 0. The topological polar surface area (TPSA) is 70.6 Å². The van der Waals surface area contributed by atoms with Gasteiger partial charge in [0.05, 0.1) is 11.9 Å². The summed E-state index contributed by atoms with van der Waals surface area (Å²) in [5, 5.41) is 13.0. The minimum absolute atomic E-state index is 0.245.